The van der Waals surface area contributed by atoms with Crippen molar-refractivity contribution in [3.63, 3.8) is 0 Å². The van der Waals surface area contributed by atoms with Gasteiger partial charge in [0.15, 0.2) is 6.61 Å². The van der Waals surface area contributed by atoms with Gasteiger partial charge in [0.05, 0.1) is 0 Å². The summed E-state index contributed by atoms with van der Waals surface area (Å²) < 4.78 is 40.4. The lowest BCUT2D eigenvalue weighted by molar-refractivity contribution is -0.140. The number of carbonyl (C=O) groups is 2. The van der Waals surface area contributed by atoms with E-state index < -0.39 is 31.2 Å². The molecular weight excluding hydrogens is 307 g/mol. The van der Waals surface area contributed by atoms with Crippen LogP contribution in [0.1, 0.15) is 33.0 Å². The Kier molecular flexibility index (Phi) is 4.87. The number of fused-ring (bicyclic) bond motifs is 1. The second-order valence-electron chi connectivity index (χ2n) is 4.73. The fourth-order valence-electron chi connectivity index (χ4n) is 2.04. The molecule has 21 heavy (non-hydrogen) atoms. The number of alkyl halides is 3. The molecule has 1 aromatic rings. The highest BCUT2D eigenvalue weighted by Gasteiger charge is 2.28. The molecule has 0 radical (unpaired) electrons. The summed E-state index contributed by atoms with van der Waals surface area (Å²) in [5, 5.41) is 1.64. The molecule has 1 heterocycles. The van der Waals surface area contributed by atoms with E-state index >= 15 is 0 Å². The Morgan fingerprint density at radius 1 is 1.29 bits per heavy atom. The number of hydrogen-bond donors (Lipinski definition) is 1. The first kappa shape index (κ1) is 15.8. The number of nitrogens with one attached hydrogen (secondary N) is 1. The quantitative estimate of drug-likeness (QED) is 0.867. The Hall–Kier alpha value is -1.57. The third kappa shape index (κ3) is 4.73. The van der Waals surface area contributed by atoms with Gasteiger partial charge in [0.25, 0.3) is 5.91 Å². The number of amides is 1. The van der Waals surface area contributed by atoms with Crippen molar-refractivity contribution in [2.75, 3.05) is 13.2 Å². The van der Waals surface area contributed by atoms with E-state index in [4.69, 9.17) is 4.74 Å². The predicted octanol–water partition coefficient (Wildman–Crippen LogP) is 2.46. The van der Waals surface area contributed by atoms with E-state index in [0.29, 0.717) is 4.88 Å². The fourth-order valence-corrected chi connectivity index (χ4v) is 3.19. The van der Waals surface area contributed by atoms with E-state index in [1.54, 1.807) is 11.4 Å². The molecule has 0 atom stereocenters. The van der Waals surface area contributed by atoms with Gasteiger partial charge in [0.1, 0.15) is 11.4 Å². The Morgan fingerprint density at radius 2 is 2.00 bits per heavy atom. The maximum absolute atomic E-state index is 11.9. The van der Waals surface area contributed by atoms with Gasteiger partial charge in [-0.15, -0.1) is 11.3 Å². The molecule has 1 aliphatic rings. The smallest absolute Gasteiger partial charge is 0.405 e. The monoisotopic (exact) mass is 321 g/mol. The molecule has 0 fully saturated rings. The van der Waals surface area contributed by atoms with Gasteiger partial charge in [-0.2, -0.15) is 13.2 Å². The van der Waals surface area contributed by atoms with Crippen LogP contribution in [-0.2, 0) is 22.4 Å². The number of esters is 1. The first-order valence-electron chi connectivity index (χ1n) is 6.47. The van der Waals surface area contributed by atoms with Gasteiger partial charge in [0, 0.05) is 4.88 Å². The second-order valence-corrected chi connectivity index (χ2v) is 5.87. The molecule has 0 unspecified atom stereocenters. The lowest BCUT2D eigenvalue weighted by Gasteiger charge is -2.08. The van der Waals surface area contributed by atoms with Crippen LogP contribution < -0.4 is 5.32 Å². The van der Waals surface area contributed by atoms with Crippen LogP contribution in [0.25, 0.3) is 0 Å². The third-order valence-electron chi connectivity index (χ3n) is 3.02. The van der Waals surface area contributed by atoms with Crippen molar-refractivity contribution in [3.05, 3.63) is 21.4 Å². The van der Waals surface area contributed by atoms with Crippen molar-refractivity contribution in [3.8, 4) is 0 Å². The zero-order valence-electron chi connectivity index (χ0n) is 11.1. The van der Waals surface area contributed by atoms with Crippen LogP contribution in [0.3, 0.4) is 0 Å². The summed E-state index contributed by atoms with van der Waals surface area (Å²) in [7, 11) is 0. The molecule has 0 bridgehead atoms. The molecule has 0 saturated heterocycles. The molecule has 1 aromatic heterocycles. The van der Waals surface area contributed by atoms with E-state index in [2.05, 4.69) is 0 Å². The lowest BCUT2D eigenvalue weighted by Crippen LogP contribution is -2.36. The average Bonchev–Trinajstić information content (AvgIpc) is 2.85. The topological polar surface area (TPSA) is 55.4 Å². The Morgan fingerprint density at radius 3 is 2.67 bits per heavy atom. The first-order chi connectivity index (χ1) is 9.85. The van der Waals surface area contributed by atoms with Crippen molar-refractivity contribution in [2.45, 2.75) is 31.9 Å². The van der Waals surface area contributed by atoms with Gasteiger partial charge in [-0.1, -0.05) is 0 Å². The Labute approximate surface area is 123 Å². The molecular formula is C13H14F3NO3S. The van der Waals surface area contributed by atoms with E-state index in [-0.39, 0.29) is 0 Å². The fraction of sp³-hybridized carbons (Fsp3) is 0.538. The minimum absolute atomic E-state index is 0.394. The van der Waals surface area contributed by atoms with Crippen LogP contribution in [0.2, 0.25) is 0 Å². The Balaban J connectivity index is 1.82. The second kappa shape index (κ2) is 6.46. The average molecular weight is 321 g/mol. The van der Waals surface area contributed by atoms with Crippen LogP contribution in [0.15, 0.2) is 6.07 Å². The molecule has 116 valence electrons. The normalized spacial score (nSPS) is 14.4. The molecule has 0 aliphatic heterocycles. The minimum Gasteiger partial charge on any atom is -0.451 e. The molecule has 1 amide bonds. The molecule has 0 aromatic carbocycles. The van der Waals surface area contributed by atoms with Crippen molar-refractivity contribution in [1.82, 2.24) is 5.32 Å². The molecule has 1 N–H and O–H groups in total. The van der Waals surface area contributed by atoms with Crippen LogP contribution in [0.4, 0.5) is 13.2 Å². The highest BCUT2D eigenvalue weighted by molar-refractivity contribution is 7.14. The molecule has 2 rings (SSSR count). The van der Waals surface area contributed by atoms with Gasteiger partial charge in [-0.3, -0.25) is 4.79 Å². The van der Waals surface area contributed by atoms with E-state index in [1.165, 1.54) is 11.3 Å². The summed E-state index contributed by atoms with van der Waals surface area (Å²) >= 11 is 1.33. The van der Waals surface area contributed by atoms with E-state index in [1.807, 2.05) is 0 Å². The zero-order chi connectivity index (χ0) is 15.5. The van der Waals surface area contributed by atoms with Crippen molar-refractivity contribution >= 4 is 23.2 Å². The Bertz CT molecular complexity index is 516. The predicted molar refractivity (Wildman–Crippen MR) is 70.3 cm³/mol. The minimum atomic E-state index is -4.48. The van der Waals surface area contributed by atoms with Crippen LogP contribution in [0, 0.1) is 0 Å². The number of hydrogen-bond acceptors (Lipinski definition) is 4. The van der Waals surface area contributed by atoms with Crippen LogP contribution >= 0.6 is 11.3 Å². The summed E-state index contributed by atoms with van der Waals surface area (Å²) in [4.78, 5) is 24.4. The van der Waals surface area contributed by atoms with Gasteiger partial charge in [-0.25, -0.2) is 4.79 Å². The van der Waals surface area contributed by atoms with Gasteiger partial charge >= 0.3 is 12.1 Å². The molecule has 8 heteroatoms. The summed E-state index contributed by atoms with van der Waals surface area (Å²) in [6.45, 7) is -2.14. The summed E-state index contributed by atoms with van der Waals surface area (Å²) in [6.07, 6.45) is -0.461. The summed E-state index contributed by atoms with van der Waals surface area (Å²) in [6, 6.07) is 1.75. The maximum atomic E-state index is 11.9. The maximum Gasteiger partial charge on any atom is 0.405 e. The number of rotatable bonds is 4. The highest BCUT2D eigenvalue weighted by atomic mass is 32.1. The van der Waals surface area contributed by atoms with Crippen molar-refractivity contribution in [2.24, 2.45) is 0 Å². The van der Waals surface area contributed by atoms with Crippen molar-refractivity contribution in [1.29, 1.82) is 0 Å². The van der Waals surface area contributed by atoms with Crippen LogP contribution in [0.5, 0.6) is 0 Å². The highest BCUT2D eigenvalue weighted by Crippen LogP contribution is 2.29. The molecule has 0 saturated carbocycles. The third-order valence-corrected chi connectivity index (χ3v) is 4.24. The van der Waals surface area contributed by atoms with Gasteiger partial charge < -0.3 is 10.1 Å². The van der Waals surface area contributed by atoms with Crippen LogP contribution in [-0.4, -0.2) is 31.2 Å². The van der Waals surface area contributed by atoms with E-state index in [0.717, 1.165) is 36.1 Å². The molecule has 0 spiro atoms. The number of carbonyl (C=O) groups excluding carboxylic acids is 2. The van der Waals surface area contributed by atoms with Gasteiger partial charge in [0.2, 0.25) is 0 Å². The molecule has 4 nitrogen and oxygen atoms in total. The lowest BCUT2D eigenvalue weighted by atomic mass is 9.99. The largest absolute Gasteiger partial charge is 0.451 e. The zero-order valence-corrected chi connectivity index (χ0v) is 11.9. The molecule has 1 aliphatic carbocycles. The number of aryl methyl sites for hydroxylation is 2. The first-order valence-corrected chi connectivity index (χ1v) is 7.29. The standard InChI is InChI=1S/C13H14F3NO3S/c14-13(15,16)7-17-11(18)6-20-12(19)10-5-8-3-1-2-4-9(8)21-10/h5H,1-4,6-7H2,(H,17,18). The summed E-state index contributed by atoms with van der Waals surface area (Å²) in [5.74, 6) is -1.64. The van der Waals surface area contributed by atoms with E-state index in [9.17, 15) is 22.8 Å². The van der Waals surface area contributed by atoms with Crippen molar-refractivity contribution < 1.29 is 27.5 Å². The van der Waals surface area contributed by atoms with Gasteiger partial charge in [-0.05, 0) is 37.3 Å². The number of ether oxygens (including phenoxy) is 1. The number of halogens is 3. The SMILES string of the molecule is O=C(COC(=O)c1cc2c(s1)CCCC2)NCC(F)(F)F. The summed E-state index contributed by atoms with van der Waals surface area (Å²) in [5.41, 5.74) is 1.12. The number of thiophene rings is 1.